The van der Waals surface area contributed by atoms with Crippen molar-refractivity contribution in [3.63, 3.8) is 0 Å². The number of ether oxygens (including phenoxy) is 3. The van der Waals surface area contributed by atoms with Gasteiger partial charge in [-0.15, -0.1) is 0 Å². The molecule has 34 heavy (non-hydrogen) atoms. The Morgan fingerprint density at radius 3 is 2.53 bits per heavy atom. The molecule has 188 valence electrons. The normalized spacial score (nSPS) is 41.5. The highest BCUT2D eigenvalue weighted by molar-refractivity contribution is 5.89. The molecule has 4 heterocycles. The summed E-state index contributed by atoms with van der Waals surface area (Å²) in [5.74, 6) is -0.437. The molecule has 0 radical (unpaired) electrons. The summed E-state index contributed by atoms with van der Waals surface area (Å²) in [5, 5.41) is 0. The van der Waals surface area contributed by atoms with Crippen molar-refractivity contribution in [3.05, 3.63) is 35.4 Å². The van der Waals surface area contributed by atoms with E-state index in [4.69, 9.17) is 24.0 Å². The molecule has 1 saturated carbocycles. The molecular weight excluding hydrogens is 453 g/mol. The Kier molecular flexibility index (Phi) is 5.98. The molecule has 2 bridgehead atoms. The molecule has 1 spiro atoms. The van der Waals surface area contributed by atoms with E-state index in [-0.39, 0.29) is 36.0 Å². The summed E-state index contributed by atoms with van der Waals surface area (Å²) < 4.78 is 56.4. The van der Waals surface area contributed by atoms with Crippen LogP contribution < -0.4 is 0 Å². The van der Waals surface area contributed by atoms with Gasteiger partial charge in [0.25, 0.3) is 0 Å². The van der Waals surface area contributed by atoms with Crippen molar-refractivity contribution in [1.82, 2.24) is 0 Å². The van der Waals surface area contributed by atoms with Crippen LogP contribution in [0.2, 0.25) is 0 Å². The van der Waals surface area contributed by atoms with Crippen LogP contribution in [0.3, 0.4) is 0 Å². The number of fused-ring (bicyclic) bond motifs is 2. The molecule has 0 amide bonds. The average molecular weight is 485 g/mol. The first-order valence-corrected chi connectivity index (χ1v) is 12.1. The molecule has 0 aromatic heterocycles. The maximum absolute atomic E-state index is 12.7. The quantitative estimate of drug-likeness (QED) is 0.415. The molecule has 5 aliphatic rings. The Morgan fingerprint density at radius 1 is 1.09 bits per heavy atom. The molecular formula is C25H31F3O6. The van der Waals surface area contributed by atoms with E-state index in [1.807, 2.05) is 6.92 Å². The third-order valence-corrected chi connectivity index (χ3v) is 8.38. The molecule has 6 nitrogen and oxygen atoms in total. The zero-order chi connectivity index (χ0) is 24.3. The number of esters is 1. The fourth-order valence-electron chi connectivity index (χ4n) is 6.46. The highest BCUT2D eigenvalue weighted by atomic mass is 19.4. The van der Waals surface area contributed by atoms with Crippen molar-refractivity contribution >= 4 is 5.97 Å². The summed E-state index contributed by atoms with van der Waals surface area (Å²) in [4.78, 5) is 24.3. The van der Waals surface area contributed by atoms with Crippen LogP contribution in [0.4, 0.5) is 13.2 Å². The van der Waals surface area contributed by atoms with Crippen LogP contribution in [0.5, 0.6) is 0 Å². The smallest absolute Gasteiger partial charge is 0.416 e. The van der Waals surface area contributed by atoms with Gasteiger partial charge in [-0.1, -0.05) is 13.8 Å². The third-order valence-electron chi connectivity index (χ3n) is 8.38. The number of carbonyl (C=O) groups is 1. The van der Waals surface area contributed by atoms with Gasteiger partial charge in [-0.2, -0.15) is 13.2 Å². The van der Waals surface area contributed by atoms with Gasteiger partial charge in [0, 0.05) is 18.8 Å². The van der Waals surface area contributed by atoms with Crippen LogP contribution >= 0.6 is 0 Å². The molecule has 5 fully saturated rings. The maximum Gasteiger partial charge on any atom is 0.416 e. The summed E-state index contributed by atoms with van der Waals surface area (Å²) in [5.41, 5.74) is -1.36. The van der Waals surface area contributed by atoms with E-state index < -0.39 is 35.4 Å². The van der Waals surface area contributed by atoms with Crippen molar-refractivity contribution in [2.24, 2.45) is 23.7 Å². The zero-order valence-corrected chi connectivity index (χ0v) is 19.6. The Hall–Kier alpha value is -1.68. The predicted octanol–water partition coefficient (Wildman–Crippen LogP) is 5.50. The second kappa shape index (κ2) is 8.47. The van der Waals surface area contributed by atoms with E-state index in [2.05, 4.69) is 13.8 Å². The second-order valence-corrected chi connectivity index (χ2v) is 10.4. The predicted molar refractivity (Wildman–Crippen MR) is 113 cm³/mol. The average Bonchev–Trinajstić information content (AvgIpc) is 3.02. The monoisotopic (exact) mass is 484 g/mol. The van der Waals surface area contributed by atoms with E-state index in [9.17, 15) is 18.0 Å². The number of alkyl halides is 3. The van der Waals surface area contributed by atoms with Crippen molar-refractivity contribution in [2.45, 2.75) is 82.8 Å². The van der Waals surface area contributed by atoms with Gasteiger partial charge in [-0.25, -0.2) is 14.6 Å². The van der Waals surface area contributed by atoms with Crippen molar-refractivity contribution in [3.8, 4) is 0 Å². The first-order valence-electron chi connectivity index (χ1n) is 12.1. The van der Waals surface area contributed by atoms with E-state index >= 15 is 0 Å². The van der Waals surface area contributed by atoms with Gasteiger partial charge in [0.1, 0.15) is 0 Å². The fourth-order valence-corrected chi connectivity index (χ4v) is 6.46. The highest BCUT2D eigenvalue weighted by Gasteiger charge is 2.69. The number of rotatable bonds is 4. The minimum Gasteiger partial charge on any atom is -0.462 e. The molecule has 6 rings (SSSR count). The van der Waals surface area contributed by atoms with Crippen LogP contribution in [0.15, 0.2) is 24.3 Å². The topological polar surface area (TPSA) is 63.2 Å². The molecule has 0 unspecified atom stereocenters. The van der Waals surface area contributed by atoms with Crippen LogP contribution in [-0.2, 0) is 30.2 Å². The van der Waals surface area contributed by atoms with Gasteiger partial charge in [-0.05, 0) is 68.2 Å². The summed E-state index contributed by atoms with van der Waals surface area (Å²) in [6.45, 7) is 6.36. The van der Waals surface area contributed by atoms with Gasteiger partial charge in [0.2, 0.25) is 5.79 Å². The summed E-state index contributed by atoms with van der Waals surface area (Å²) >= 11 is 0. The number of hydrogen-bond acceptors (Lipinski definition) is 6. The van der Waals surface area contributed by atoms with Gasteiger partial charge in [0.05, 0.1) is 23.8 Å². The maximum atomic E-state index is 12.7. The van der Waals surface area contributed by atoms with Gasteiger partial charge >= 0.3 is 12.1 Å². The van der Waals surface area contributed by atoms with Crippen LogP contribution in [0, 0.1) is 23.7 Å². The molecule has 9 heteroatoms. The lowest BCUT2D eigenvalue weighted by Crippen LogP contribution is -2.70. The molecule has 4 aliphatic heterocycles. The number of carbonyl (C=O) groups excluding carboxylic acids is 1. The van der Waals surface area contributed by atoms with Crippen LogP contribution in [0.25, 0.3) is 0 Å². The fraction of sp³-hybridized carbons (Fsp3) is 0.720. The Morgan fingerprint density at radius 2 is 1.82 bits per heavy atom. The Labute approximate surface area is 196 Å². The van der Waals surface area contributed by atoms with Crippen molar-refractivity contribution in [1.29, 1.82) is 0 Å². The lowest BCUT2D eigenvalue weighted by atomic mass is 9.57. The van der Waals surface area contributed by atoms with E-state index in [1.165, 1.54) is 0 Å². The third kappa shape index (κ3) is 3.94. The zero-order valence-electron chi connectivity index (χ0n) is 19.6. The molecule has 1 aromatic rings. The standard InChI is InChI=1S/C25H31F3O6/c1-14-4-9-19-15(2)20(31-22-24(19)18(14)10-12-23(3,32-22)33-34-24)11-13-30-21(29)16-5-7-17(8-6-16)25(26,27)28/h5-8,14-15,18-20,22H,4,9-13H2,1-3H3/t14-,15-,18+,19+,20-,22-,23+,24-/m1/s1. The van der Waals surface area contributed by atoms with Crippen molar-refractivity contribution < 1.29 is 42.0 Å². The largest absolute Gasteiger partial charge is 0.462 e. The lowest BCUT2D eigenvalue weighted by molar-refractivity contribution is -0.571. The number of hydrogen-bond donors (Lipinski definition) is 0. The minimum atomic E-state index is -4.45. The van der Waals surface area contributed by atoms with Gasteiger partial charge < -0.3 is 14.2 Å². The van der Waals surface area contributed by atoms with Gasteiger partial charge in [-0.3, -0.25) is 0 Å². The Bertz CT molecular complexity index is 920. The molecule has 8 atom stereocenters. The molecule has 0 N–H and O–H groups in total. The summed E-state index contributed by atoms with van der Waals surface area (Å²) in [6, 6.07) is 4.02. The van der Waals surface area contributed by atoms with Crippen LogP contribution in [0.1, 0.15) is 68.8 Å². The van der Waals surface area contributed by atoms with Crippen LogP contribution in [-0.4, -0.2) is 36.4 Å². The second-order valence-electron chi connectivity index (χ2n) is 10.4. The SMILES string of the molecule is C[C@H]1[C@@H](CCOC(=O)c2ccc(C(F)(F)F)cc2)O[C@@H]2O[C@]3(C)CC[C@H]4[C@H](C)CC[C@@H]1[C@@]24OO3. The molecule has 1 aliphatic carbocycles. The number of benzene rings is 1. The van der Waals surface area contributed by atoms with E-state index in [1.54, 1.807) is 0 Å². The first kappa shape index (κ1) is 24.0. The lowest BCUT2D eigenvalue weighted by Gasteiger charge is -2.60. The van der Waals surface area contributed by atoms with E-state index in [0.717, 1.165) is 49.9 Å². The first-order chi connectivity index (χ1) is 16.0. The number of halogens is 3. The molecule has 4 saturated heterocycles. The Balaban J connectivity index is 1.25. The van der Waals surface area contributed by atoms with Crippen molar-refractivity contribution in [2.75, 3.05) is 6.61 Å². The minimum absolute atomic E-state index is 0.0801. The highest BCUT2D eigenvalue weighted by Crippen LogP contribution is 2.60. The summed E-state index contributed by atoms with van der Waals surface area (Å²) in [6.07, 6.45) is -0.989. The van der Waals surface area contributed by atoms with E-state index in [0.29, 0.717) is 12.3 Å². The molecule has 1 aromatic carbocycles. The van der Waals surface area contributed by atoms with Gasteiger partial charge in [0.15, 0.2) is 11.9 Å². The summed E-state index contributed by atoms with van der Waals surface area (Å²) in [7, 11) is 0.